The second kappa shape index (κ2) is 11.2. The molecule has 3 aromatic carbocycles. The van der Waals surface area contributed by atoms with Crippen LogP contribution in [0.25, 0.3) is 12.2 Å². The molecule has 0 bridgehead atoms. The first kappa shape index (κ1) is 23.2. The van der Waals surface area contributed by atoms with Crippen LogP contribution in [0.3, 0.4) is 0 Å². The zero-order chi connectivity index (χ0) is 22.9. The summed E-state index contributed by atoms with van der Waals surface area (Å²) < 4.78 is 16.2. The summed E-state index contributed by atoms with van der Waals surface area (Å²) in [5, 5.41) is 0.616. The highest BCUT2D eigenvalue weighted by Crippen LogP contribution is 2.38. The van der Waals surface area contributed by atoms with E-state index in [1.165, 1.54) is 0 Å². The van der Waals surface area contributed by atoms with E-state index >= 15 is 0 Å². The molecule has 0 saturated carbocycles. The highest BCUT2D eigenvalue weighted by molar-refractivity contribution is 6.30. The molecule has 0 unspecified atom stereocenters. The standard InChI is InChI=1S/C27H25ClO4/c1-30-25-17-21(18-26(31-2)27(25)32-3)12-11-20-9-7-19(8-10-20)5-4-6-24(29)22-13-15-23(28)16-14-22/h4,6-18H,5H2,1-3H3/b6-4-,12-11-. The lowest BCUT2D eigenvalue weighted by atomic mass is 10.1. The quantitative estimate of drug-likeness (QED) is 0.212. The van der Waals surface area contributed by atoms with Gasteiger partial charge < -0.3 is 14.2 Å². The van der Waals surface area contributed by atoms with Crippen LogP contribution in [0.2, 0.25) is 5.02 Å². The smallest absolute Gasteiger partial charge is 0.203 e. The molecule has 32 heavy (non-hydrogen) atoms. The van der Waals surface area contributed by atoms with Gasteiger partial charge in [-0.2, -0.15) is 0 Å². The van der Waals surface area contributed by atoms with Gasteiger partial charge in [0.2, 0.25) is 5.75 Å². The average molecular weight is 449 g/mol. The Hall–Kier alpha value is -3.50. The molecule has 164 valence electrons. The SMILES string of the molecule is COc1cc(/C=C\c2ccc(C/C=C\C(=O)c3ccc(Cl)cc3)cc2)cc(OC)c1OC. The van der Waals surface area contributed by atoms with Crippen LogP contribution in [0.5, 0.6) is 17.2 Å². The first-order valence-electron chi connectivity index (χ1n) is 10.1. The molecule has 0 N–H and O–H groups in total. The number of benzene rings is 3. The molecule has 0 aliphatic rings. The number of rotatable bonds is 9. The van der Waals surface area contributed by atoms with Gasteiger partial charge >= 0.3 is 0 Å². The molecule has 3 aromatic rings. The van der Waals surface area contributed by atoms with Crippen molar-refractivity contribution in [3.63, 3.8) is 0 Å². The number of carbonyl (C=O) groups excluding carboxylic acids is 1. The highest BCUT2D eigenvalue weighted by Gasteiger charge is 2.11. The molecule has 3 rings (SSSR count). The summed E-state index contributed by atoms with van der Waals surface area (Å²) >= 11 is 5.86. The fourth-order valence-corrected chi connectivity index (χ4v) is 3.29. The maximum absolute atomic E-state index is 12.2. The first-order valence-corrected chi connectivity index (χ1v) is 10.5. The molecule has 0 saturated heterocycles. The van der Waals surface area contributed by atoms with Crippen LogP contribution in [0.1, 0.15) is 27.0 Å². The number of halogens is 1. The molecular weight excluding hydrogens is 424 g/mol. The summed E-state index contributed by atoms with van der Waals surface area (Å²) in [7, 11) is 4.78. The van der Waals surface area contributed by atoms with E-state index < -0.39 is 0 Å². The Balaban J connectivity index is 1.64. The summed E-state index contributed by atoms with van der Waals surface area (Å²) in [6.45, 7) is 0. The lowest BCUT2D eigenvalue weighted by Crippen LogP contribution is -1.95. The molecule has 4 nitrogen and oxygen atoms in total. The molecule has 0 amide bonds. The van der Waals surface area contributed by atoms with Crippen molar-refractivity contribution < 1.29 is 19.0 Å². The van der Waals surface area contributed by atoms with Crippen molar-refractivity contribution in [1.82, 2.24) is 0 Å². The van der Waals surface area contributed by atoms with Gasteiger partial charge in [0.15, 0.2) is 17.3 Å². The normalized spacial score (nSPS) is 11.1. The molecule has 0 fully saturated rings. The van der Waals surface area contributed by atoms with E-state index in [1.54, 1.807) is 51.7 Å². The third-order valence-electron chi connectivity index (χ3n) is 4.89. The van der Waals surface area contributed by atoms with Crippen molar-refractivity contribution in [2.24, 2.45) is 0 Å². The monoisotopic (exact) mass is 448 g/mol. The van der Waals surface area contributed by atoms with Crippen LogP contribution in [-0.2, 0) is 6.42 Å². The second-order valence-corrected chi connectivity index (χ2v) is 7.45. The van der Waals surface area contributed by atoms with E-state index in [0.717, 1.165) is 16.7 Å². The summed E-state index contributed by atoms with van der Waals surface area (Å²) in [6, 6.07) is 18.9. The number of allylic oxidation sites excluding steroid dienone is 2. The summed E-state index contributed by atoms with van der Waals surface area (Å²) in [6.07, 6.45) is 8.16. The second-order valence-electron chi connectivity index (χ2n) is 7.01. The minimum Gasteiger partial charge on any atom is -0.493 e. The number of ketones is 1. The maximum Gasteiger partial charge on any atom is 0.203 e. The van der Waals surface area contributed by atoms with Crippen LogP contribution in [-0.4, -0.2) is 27.1 Å². The molecule has 0 spiro atoms. The molecule has 5 heteroatoms. The Morgan fingerprint density at radius 3 is 1.97 bits per heavy atom. The van der Waals surface area contributed by atoms with Crippen molar-refractivity contribution in [2.45, 2.75) is 6.42 Å². The van der Waals surface area contributed by atoms with Crippen molar-refractivity contribution in [2.75, 3.05) is 21.3 Å². The largest absolute Gasteiger partial charge is 0.493 e. The fourth-order valence-electron chi connectivity index (χ4n) is 3.17. The Bertz CT molecular complexity index is 1090. The summed E-state index contributed by atoms with van der Waals surface area (Å²) in [4.78, 5) is 12.2. The van der Waals surface area contributed by atoms with Crippen molar-refractivity contribution in [3.8, 4) is 17.2 Å². The summed E-state index contributed by atoms with van der Waals surface area (Å²) in [5.74, 6) is 1.76. The van der Waals surface area contributed by atoms with Gasteiger partial charge in [0, 0.05) is 10.6 Å². The zero-order valence-corrected chi connectivity index (χ0v) is 19.1. The van der Waals surface area contributed by atoms with Gasteiger partial charge in [-0.1, -0.05) is 54.1 Å². The van der Waals surface area contributed by atoms with Crippen LogP contribution in [0.4, 0.5) is 0 Å². The minimum atomic E-state index is -0.0356. The lowest BCUT2D eigenvalue weighted by molar-refractivity contribution is 0.104. The Morgan fingerprint density at radius 2 is 1.41 bits per heavy atom. The van der Waals surface area contributed by atoms with Crippen molar-refractivity contribution in [3.05, 3.63) is 100 Å². The molecule has 0 heterocycles. The Labute approximate surface area is 193 Å². The minimum absolute atomic E-state index is 0.0356. The molecule has 0 atom stereocenters. The lowest BCUT2D eigenvalue weighted by Gasteiger charge is -2.12. The topological polar surface area (TPSA) is 44.8 Å². The number of methoxy groups -OCH3 is 3. The van der Waals surface area contributed by atoms with E-state index in [4.69, 9.17) is 25.8 Å². The Morgan fingerprint density at radius 1 is 0.812 bits per heavy atom. The zero-order valence-electron chi connectivity index (χ0n) is 18.3. The number of ether oxygens (including phenoxy) is 3. The molecule has 0 aromatic heterocycles. The van der Waals surface area contributed by atoms with Crippen LogP contribution in [0, 0.1) is 0 Å². The first-order chi connectivity index (χ1) is 15.5. The van der Waals surface area contributed by atoms with Gasteiger partial charge in [0.25, 0.3) is 0 Å². The third-order valence-corrected chi connectivity index (χ3v) is 5.14. The van der Waals surface area contributed by atoms with Crippen molar-refractivity contribution >= 4 is 29.5 Å². The molecule has 0 aliphatic heterocycles. The number of hydrogen-bond acceptors (Lipinski definition) is 4. The predicted molar refractivity (Wildman–Crippen MR) is 130 cm³/mol. The van der Waals surface area contributed by atoms with Gasteiger partial charge in [-0.25, -0.2) is 0 Å². The van der Waals surface area contributed by atoms with Gasteiger partial charge in [0.1, 0.15) is 0 Å². The van der Waals surface area contributed by atoms with E-state index in [2.05, 4.69) is 0 Å². The number of carbonyl (C=O) groups is 1. The third kappa shape index (κ3) is 6.02. The van der Waals surface area contributed by atoms with E-state index in [1.807, 2.05) is 54.6 Å². The predicted octanol–water partition coefficient (Wildman–Crippen LogP) is 6.52. The Kier molecular flexibility index (Phi) is 8.12. The van der Waals surface area contributed by atoms with Crippen LogP contribution < -0.4 is 14.2 Å². The van der Waals surface area contributed by atoms with Crippen LogP contribution in [0.15, 0.2) is 72.8 Å². The van der Waals surface area contributed by atoms with Gasteiger partial charge in [-0.3, -0.25) is 4.79 Å². The summed E-state index contributed by atoms with van der Waals surface area (Å²) in [5.41, 5.74) is 3.74. The molecule has 0 aliphatic carbocycles. The van der Waals surface area contributed by atoms with E-state index in [0.29, 0.717) is 34.3 Å². The van der Waals surface area contributed by atoms with Gasteiger partial charge in [-0.05, 0) is 65.6 Å². The maximum atomic E-state index is 12.2. The van der Waals surface area contributed by atoms with Crippen LogP contribution >= 0.6 is 11.6 Å². The highest BCUT2D eigenvalue weighted by atomic mass is 35.5. The molecule has 0 radical (unpaired) electrons. The van der Waals surface area contributed by atoms with Gasteiger partial charge in [-0.15, -0.1) is 0 Å². The fraction of sp³-hybridized carbons (Fsp3) is 0.148. The molecular formula is C27H25ClO4. The van der Waals surface area contributed by atoms with E-state index in [-0.39, 0.29) is 5.78 Å². The average Bonchev–Trinajstić information content (AvgIpc) is 2.83. The van der Waals surface area contributed by atoms with Gasteiger partial charge in [0.05, 0.1) is 21.3 Å². The van der Waals surface area contributed by atoms with Crippen molar-refractivity contribution in [1.29, 1.82) is 0 Å². The number of hydrogen-bond donors (Lipinski definition) is 0. The van der Waals surface area contributed by atoms with E-state index in [9.17, 15) is 4.79 Å².